The molecule has 2 aromatic rings. The van der Waals surface area contributed by atoms with Crippen molar-refractivity contribution in [3.05, 3.63) is 58.6 Å². The first kappa shape index (κ1) is 11.7. The number of carboxylic acid groups (broad SMARTS) is 1. The van der Waals surface area contributed by atoms with E-state index in [0.29, 0.717) is 10.6 Å². The van der Waals surface area contributed by atoms with Gasteiger partial charge in [-0.15, -0.1) is 0 Å². The largest absolute Gasteiger partial charge is 0.478 e. The molecule has 2 rings (SSSR count). The van der Waals surface area contributed by atoms with Crippen LogP contribution in [0.5, 0.6) is 0 Å². The van der Waals surface area contributed by atoms with E-state index in [4.69, 9.17) is 16.7 Å². The van der Waals surface area contributed by atoms with E-state index in [1.54, 1.807) is 12.1 Å². The quantitative estimate of drug-likeness (QED) is 0.869. The summed E-state index contributed by atoms with van der Waals surface area (Å²) < 4.78 is 0. The standard InChI is InChI=1S/C14H11ClO2/c1-9-3-2-4-10(7-9)13-8-11(15)5-6-12(13)14(16)17/h2-8H,1H3,(H,16,17). The Morgan fingerprint density at radius 3 is 2.59 bits per heavy atom. The predicted molar refractivity (Wildman–Crippen MR) is 68.6 cm³/mol. The Balaban J connectivity index is 2.65. The van der Waals surface area contributed by atoms with Gasteiger partial charge in [-0.25, -0.2) is 4.79 Å². The first-order valence-corrected chi connectivity index (χ1v) is 5.55. The maximum absolute atomic E-state index is 11.1. The molecule has 0 atom stereocenters. The number of benzene rings is 2. The second kappa shape index (κ2) is 4.60. The molecule has 0 bridgehead atoms. The molecule has 0 aliphatic carbocycles. The van der Waals surface area contributed by atoms with Crippen molar-refractivity contribution in [2.75, 3.05) is 0 Å². The number of aryl methyl sites for hydroxylation is 1. The topological polar surface area (TPSA) is 37.3 Å². The van der Waals surface area contributed by atoms with Crippen molar-refractivity contribution in [2.45, 2.75) is 6.92 Å². The summed E-state index contributed by atoms with van der Waals surface area (Å²) in [6.07, 6.45) is 0. The zero-order chi connectivity index (χ0) is 12.4. The van der Waals surface area contributed by atoms with Crippen molar-refractivity contribution in [2.24, 2.45) is 0 Å². The maximum atomic E-state index is 11.1. The summed E-state index contributed by atoms with van der Waals surface area (Å²) in [7, 11) is 0. The fraction of sp³-hybridized carbons (Fsp3) is 0.0714. The summed E-state index contributed by atoms with van der Waals surface area (Å²) in [6.45, 7) is 1.97. The highest BCUT2D eigenvalue weighted by Crippen LogP contribution is 2.27. The SMILES string of the molecule is Cc1cccc(-c2cc(Cl)ccc2C(=O)O)c1. The van der Waals surface area contributed by atoms with Gasteiger partial charge in [0.2, 0.25) is 0 Å². The van der Waals surface area contributed by atoms with Crippen molar-refractivity contribution in [1.82, 2.24) is 0 Å². The minimum Gasteiger partial charge on any atom is -0.478 e. The molecule has 1 N–H and O–H groups in total. The van der Waals surface area contributed by atoms with Gasteiger partial charge in [-0.05, 0) is 36.2 Å². The van der Waals surface area contributed by atoms with Gasteiger partial charge in [0.25, 0.3) is 0 Å². The fourth-order valence-electron chi connectivity index (χ4n) is 1.75. The van der Waals surface area contributed by atoms with E-state index in [1.807, 2.05) is 31.2 Å². The molecular weight excluding hydrogens is 236 g/mol. The molecule has 0 aliphatic rings. The molecule has 0 unspecified atom stereocenters. The van der Waals surface area contributed by atoms with Gasteiger partial charge in [-0.1, -0.05) is 41.4 Å². The van der Waals surface area contributed by atoms with Crippen LogP contribution in [-0.2, 0) is 0 Å². The van der Waals surface area contributed by atoms with Crippen LogP contribution < -0.4 is 0 Å². The van der Waals surface area contributed by atoms with Gasteiger partial charge >= 0.3 is 5.97 Å². The lowest BCUT2D eigenvalue weighted by atomic mass is 9.98. The lowest BCUT2D eigenvalue weighted by Gasteiger charge is -2.07. The molecule has 0 saturated heterocycles. The van der Waals surface area contributed by atoms with Gasteiger partial charge in [-0.3, -0.25) is 0 Å². The highest BCUT2D eigenvalue weighted by atomic mass is 35.5. The monoisotopic (exact) mass is 246 g/mol. The van der Waals surface area contributed by atoms with E-state index in [2.05, 4.69) is 0 Å². The molecule has 0 amide bonds. The third-order valence-corrected chi connectivity index (χ3v) is 2.78. The molecular formula is C14H11ClO2. The molecule has 0 aliphatic heterocycles. The number of carbonyl (C=O) groups is 1. The highest BCUT2D eigenvalue weighted by Gasteiger charge is 2.11. The molecule has 17 heavy (non-hydrogen) atoms. The Bertz CT molecular complexity index is 576. The van der Waals surface area contributed by atoms with Crippen molar-refractivity contribution < 1.29 is 9.90 Å². The lowest BCUT2D eigenvalue weighted by molar-refractivity contribution is 0.0698. The summed E-state index contributed by atoms with van der Waals surface area (Å²) in [4.78, 5) is 11.1. The summed E-state index contributed by atoms with van der Waals surface area (Å²) >= 11 is 5.92. The molecule has 0 saturated carbocycles. The molecule has 2 aromatic carbocycles. The summed E-state index contributed by atoms with van der Waals surface area (Å²) in [6, 6.07) is 12.5. The van der Waals surface area contributed by atoms with Crippen molar-refractivity contribution in [1.29, 1.82) is 0 Å². The minimum atomic E-state index is -0.946. The predicted octanol–water partition coefficient (Wildman–Crippen LogP) is 4.01. The Hall–Kier alpha value is -1.80. The zero-order valence-corrected chi connectivity index (χ0v) is 10.0. The number of rotatable bonds is 2. The molecule has 0 heterocycles. The first-order chi connectivity index (χ1) is 8.08. The lowest BCUT2D eigenvalue weighted by Crippen LogP contribution is -1.99. The summed E-state index contributed by atoms with van der Waals surface area (Å²) in [5, 5.41) is 9.68. The first-order valence-electron chi connectivity index (χ1n) is 5.18. The third kappa shape index (κ3) is 2.48. The van der Waals surface area contributed by atoms with Gasteiger partial charge in [0.15, 0.2) is 0 Å². The van der Waals surface area contributed by atoms with Gasteiger partial charge in [0.05, 0.1) is 5.56 Å². The van der Waals surface area contributed by atoms with E-state index in [9.17, 15) is 4.79 Å². The van der Waals surface area contributed by atoms with Crippen LogP contribution in [-0.4, -0.2) is 11.1 Å². The van der Waals surface area contributed by atoms with Crippen molar-refractivity contribution in [3.8, 4) is 11.1 Å². The van der Waals surface area contributed by atoms with Crippen LogP contribution in [0.25, 0.3) is 11.1 Å². The number of halogens is 1. The number of aromatic carboxylic acids is 1. The minimum absolute atomic E-state index is 0.264. The fourth-order valence-corrected chi connectivity index (χ4v) is 1.93. The summed E-state index contributed by atoms with van der Waals surface area (Å²) in [5.74, 6) is -0.946. The maximum Gasteiger partial charge on any atom is 0.336 e. The van der Waals surface area contributed by atoms with Gasteiger partial charge < -0.3 is 5.11 Å². The van der Waals surface area contributed by atoms with Gasteiger partial charge in [0, 0.05) is 5.02 Å². The van der Waals surface area contributed by atoms with Crippen LogP contribution >= 0.6 is 11.6 Å². The third-order valence-electron chi connectivity index (χ3n) is 2.54. The van der Waals surface area contributed by atoms with E-state index in [0.717, 1.165) is 11.1 Å². The Morgan fingerprint density at radius 1 is 1.18 bits per heavy atom. The normalized spacial score (nSPS) is 10.2. The molecule has 3 heteroatoms. The second-order valence-corrected chi connectivity index (χ2v) is 4.30. The summed E-state index contributed by atoms with van der Waals surface area (Å²) in [5.41, 5.74) is 2.86. The van der Waals surface area contributed by atoms with E-state index < -0.39 is 5.97 Å². The highest BCUT2D eigenvalue weighted by molar-refractivity contribution is 6.31. The van der Waals surface area contributed by atoms with Gasteiger partial charge in [0.1, 0.15) is 0 Å². The van der Waals surface area contributed by atoms with E-state index >= 15 is 0 Å². The van der Waals surface area contributed by atoms with Crippen LogP contribution in [0.15, 0.2) is 42.5 Å². The molecule has 0 radical (unpaired) electrons. The smallest absolute Gasteiger partial charge is 0.336 e. The van der Waals surface area contributed by atoms with E-state index in [1.165, 1.54) is 6.07 Å². The van der Waals surface area contributed by atoms with Crippen LogP contribution in [0.1, 0.15) is 15.9 Å². The number of carboxylic acids is 1. The van der Waals surface area contributed by atoms with Crippen molar-refractivity contribution >= 4 is 17.6 Å². The molecule has 0 fully saturated rings. The molecule has 0 spiro atoms. The van der Waals surface area contributed by atoms with Gasteiger partial charge in [-0.2, -0.15) is 0 Å². The molecule has 86 valence electrons. The van der Waals surface area contributed by atoms with Crippen LogP contribution in [0, 0.1) is 6.92 Å². The zero-order valence-electron chi connectivity index (χ0n) is 9.27. The number of hydrogen-bond acceptors (Lipinski definition) is 1. The van der Waals surface area contributed by atoms with Crippen molar-refractivity contribution in [3.63, 3.8) is 0 Å². The Labute approximate surface area is 104 Å². The average Bonchev–Trinajstić information content (AvgIpc) is 2.28. The average molecular weight is 247 g/mol. The second-order valence-electron chi connectivity index (χ2n) is 3.86. The van der Waals surface area contributed by atoms with Crippen LogP contribution in [0.4, 0.5) is 0 Å². The Morgan fingerprint density at radius 2 is 1.94 bits per heavy atom. The van der Waals surface area contributed by atoms with Crippen LogP contribution in [0.3, 0.4) is 0 Å². The molecule has 2 nitrogen and oxygen atoms in total. The molecule has 0 aromatic heterocycles. The number of hydrogen-bond donors (Lipinski definition) is 1. The van der Waals surface area contributed by atoms with E-state index in [-0.39, 0.29) is 5.56 Å². The van der Waals surface area contributed by atoms with Crippen LogP contribution in [0.2, 0.25) is 5.02 Å². The Kier molecular flexibility index (Phi) is 3.16.